The number of hydrogen-bond donors (Lipinski definition) is 2. The van der Waals surface area contributed by atoms with Gasteiger partial charge in [-0.1, -0.05) is 18.2 Å². The van der Waals surface area contributed by atoms with Crippen molar-refractivity contribution < 1.29 is 13.2 Å². The third kappa shape index (κ3) is 5.00. The molecule has 0 fully saturated rings. The Morgan fingerprint density at radius 1 is 1.05 bits per heavy atom. The molecule has 2 aromatic carbocycles. The van der Waals surface area contributed by atoms with E-state index in [4.69, 9.17) is 4.74 Å². The van der Waals surface area contributed by atoms with Crippen LogP contribution in [0.25, 0.3) is 0 Å². The lowest BCUT2D eigenvalue weighted by Crippen LogP contribution is -2.09. The Morgan fingerprint density at radius 2 is 1.76 bits per heavy atom. The van der Waals surface area contributed by atoms with Crippen molar-refractivity contribution in [1.29, 1.82) is 0 Å². The lowest BCUT2D eigenvalue weighted by atomic mass is 10.2. The Morgan fingerprint density at radius 3 is 2.48 bits per heavy atom. The van der Waals surface area contributed by atoms with Crippen LogP contribution in [-0.2, 0) is 16.6 Å². The van der Waals surface area contributed by atoms with Crippen molar-refractivity contribution in [1.82, 2.24) is 0 Å². The van der Waals surface area contributed by atoms with Gasteiger partial charge in [-0.15, -0.1) is 0 Å². The van der Waals surface area contributed by atoms with Gasteiger partial charge in [-0.05, 0) is 35.9 Å². The lowest BCUT2D eigenvalue weighted by molar-refractivity contribution is 0.414. The molecule has 0 unspecified atom stereocenters. The molecule has 0 atom stereocenters. The first-order valence-electron chi connectivity index (χ1n) is 6.41. The van der Waals surface area contributed by atoms with Gasteiger partial charge < -0.3 is 10.1 Å². The Bertz CT molecular complexity index is 714. The van der Waals surface area contributed by atoms with Crippen molar-refractivity contribution in [3.63, 3.8) is 0 Å². The van der Waals surface area contributed by atoms with E-state index in [9.17, 15) is 8.42 Å². The maximum atomic E-state index is 11.2. The van der Waals surface area contributed by atoms with Crippen molar-refractivity contribution in [2.24, 2.45) is 0 Å². The first kappa shape index (κ1) is 15.2. The van der Waals surface area contributed by atoms with Gasteiger partial charge in [-0.3, -0.25) is 4.72 Å². The Hall–Kier alpha value is -2.21. The fraction of sp³-hybridized carbons (Fsp3) is 0.200. The van der Waals surface area contributed by atoms with E-state index < -0.39 is 10.0 Å². The van der Waals surface area contributed by atoms with Gasteiger partial charge in [0.15, 0.2) is 0 Å². The Balaban J connectivity index is 2.04. The molecule has 21 heavy (non-hydrogen) atoms. The second-order valence-electron chi connectivity index (χ2n) is 4.66. The van der Waals surface area contributed by atoms with E-state index in [1.165, 1.54) is 0 Å². The minimum absolute atomic E-state index is 0.535. The molecule has 2 aromatic rings. The molecule has 2 rings (SSSR count). The number of hydrogen-bond acceptors (Lipinski definition) is 4. The van der Waals surface area contributed by atoms with Gasteiger partial charge in [0.25, 0.3) is 0 Å². The predicted octanol–water partition coefficient (Wildman–Crippen LogP) is 2.68. The summed E-state index contributed by atoms with van der Waals surface area (Å²) in [6.45, 7) is 0.625. The molecule has 0 saturated heterocycles. The van der Waals surface area contributed by atoms with Crippen LogP contribution in [0.1, 0.15) is 5.56 Å². The smallest absolute Gasteiger partial charge is 0.229 e. The normalized spacial score (nSPS) is 11.0. The van der Waals surface area contributed by atoms with E-state index in [-0.39, 0.29) is 0 Å². The minimum atomic E-state index is -3.26. The third-order valence-electron chi connectivity index (χ3n) is 2.80. The zero-order valence-corrected chi connectivity index (χ0v) is 12.8. The Labute approximate surface area is 125 Å². The first-order chi connectivity index (χ1) is 9.96. The number of methoxy groups -OCH3 is 1. The van der Waals surface area contributed by atoms with E-state index in [1.54, 1.807) is 25.3 Å². The molecule has 0 heterocycles. The van der Waals surface area contributed by atoms with Gasteiger partial charge in [0.2, 0.25) is 10.0 Å². The molecule has 0 saturated carbocycles. The number of anilines is 2. The van der Waals surface area contributed by atoms with Gasteiger partial charge >= 0.3 is 0 Å². The topological polar surface area (TPSA) is 67.4 Å². The molecule has 0 radical (unpaired) electrons. The summed E-state index contributed by atoms with van der Waals surface area (Å²) in [4.78, 5) is 0. The van der Waals surface area contributed by atoms with Crippen molar-refractivity contribution in [3.8, 4) is 5.75 Å². The summed E-state index contributed by atoms with van der Waals surface area (Å²) < 4.78 is 30.1. The van der Waals surface area contributed by atoms with Crippen LogP contribution in [0.5, 0.6) is 5.75 Å². The molecule has 5 nitrogen and oxygen atoms in total. The fourth-order valence-electron chi connectivity index (χ4n) is 1.89. The zero-order valence-electron chi connectivity index (χ0n) is 12.0. The SMILES string of the molecule is COc1cccc(CNc2cccc(NS(C)(=O)=O)c2)c1. The van der Waals surface area contributed by atoms with Crippen molar-refractivity contribution >= 4 is 21.4 Å². The maximum absolute atomic E-state index is 11.2. The maximum Gasteiger partial charge on any atom is 0.229 e. The minimum Gasteiger partial charge on any atom is -0.497 e. The molecular weight excluding hydrogens is 288 g/mol. The summed E-state index contributed by atoms with van der Waals surface area (Å²) in [5.41, 5.74) is 2.45. The highest BCUT2D eigenvalue weighted by atomic mass is 32.2. The number of benzene rings is 2. The van der Waals surface area contributed by atoms with E-state index >= 15 is 0 Å². The van der Waals surface area contributed by atoms with Crippen LogP contribution < -0.4 is 14.8 Å². The van der Waals surface area contributed by atoms with Gasteiger partial charge in [0.1, 0.15) is 5.75 Å². The second-order valence-corrected chi connectivity index (χ2v) is 6.41. The zero-order chi connectivity index (χ0) is 15.3. The van der Waals surface area contributed by atoms with Gasteiger partial charge in [-0.25, -0.2) is 8.42 Å². The molecule has 0 bridgehead atoms. The summed E-state index contributed by atoms with van der Waals surface area (Å²) in [6.07, 6.45) is 1.13. The van der Waals surface area contributed by atoms with Crippen molar-refractivity contribution in [2.75, 3.05) is 23.4 Å². The summed E-state index contributed by atoms with van der Waals surface area (Å²) in [7, 11) is -1.63. The summed E-state index contributed by atoms with van der Waals surface area (Å²) >= 11 is 0. The first-order valence-corrected chi connectivity index (χ1v) is 8.30. The number of sulfonamides is 1. The van der Waals surface area contributed by atoms with Crippen LogP contribution >= 0.6 is 0 Å². The molecule has 0 aliphatic carbocycles. The molecule has 0 amide bonds. The highest BCUT2D eigenvalue weighted by molar-refractivity contribution is 7.92. The van der Waals surface area contributed by atoms with E-state index in [0.717, 1.165) is 23.3 Å². The Kier molecular flexibility index (Phi) is 4.70. The highest BCUT2D eigenvalue weighted by Gasteiger charge is 2.02. The standard InChI is InChI=1S/C15H18N2O3S/c1-20-15-8-3-5-12(9-15)11-16-13-6-4-7-14(10-13)17-21(2,18)19/h3-10,16-17H,11H2,1-2H3. The van der Waals surface area contributed by atoms with Crippen LogP contribution in [-0.4, -0.2) is 21.8 Å². The van der Waals surface area contributed by atoms with Crippen LogP contribution in [0.4, 0.5) is 11.4 Å². The molecule has 0 aliphatic rings. The lowest BCUT2D eigenvalue weighted by Gasteiger charge is -2.10. The number of rotatable bonds is 6. The molecular formula is C15H18N2O3S. The van der Waals surface area contributed by atoms with Crippen molar-refractivity contribution in [2.45, 2.75) is 6.54 Å². The van der Waals surface area contributed by atoms with Crippen LogP contribution in [0.15, 0.2) is 48.5 Å². The molecule has 0 spiro atoms. The predicted molar refractivity (Wildman–Crippen MR) is 85.2 cm³/mol. The molecule has 0 aliphatic heterocycles. The monoisotopic (exact) mass is 306 g/mol. The second kappa shape index (κ2) is 6.49. The molecule has 112 valence electrons. The van der Waals surface area contributed by atoms with Gasteiger partial charge in [0.05, 0.1) is 19.1 Å². The average Bonchev–Trinajstić information content (AvgIpc) is 2.44. The van der Waals surface area contributed by atoms with Gasteiger partial charge in [-0.2, -0.15) is 0 Å². The number of nitrogens with one attached hydrogen (secondary N) is 2. The molecule has 0 aromatic heterocycles. The average molecular weight is 306 g/mol. The van der Waals surface area contributed by atoms with E-state index in [1.807, 2.05) is 30.3 Å². The van der Waals surface area contributed by atoms with Crippen LogP contribution in [0.2, 0.25) is 0 Å². The van der Waals surface area contributed by atoms with E-state index in [2.05, 4.69) is 10.0 Å². The van der Waals surface area contributed by atoms with Crippen molar-refractivity contribution in [3.05, 3.63) is 54.1 Å². The van der Waals surface area contributed by atoms with Crippen LogP contribution in [0.3, 0.4) is 0 Å². The summed E-state index contributed by atoms with van der Waals surface area (Å²) in [5, 5.41) is 3.25. The number of ether oxygens (including phenoxy) is 1. The van der Waals surface area contributed by atoms with Gasteiger partial charge in [0, 0.05) is 12.2 Å². The van der Waals surface area contributed by atoms with E-state index in [0.29, 0.717) is 12.2 Å². The quantitative estimate of drug-likeness (QED) is 0.861. The summed E-state index contributed by atoms with van der Waals surface area (Å²) in [6, 6.07) is 14.9. The fourth-order valence-corrected chi connectivity index (χ4v) is 2.45. The molecule has 6 heteroatoms. The largest absolute Gasteiger partial charge is 0.497 e. The van der Waals surface area contributed by atoms with Crippen LogP contribution in [0, 0.1) is 0 Å². The third-order valence-corrected chi connectivity index (χ3v) is 3.40. The molecule has 2 N–H and O–H groups in total. The summed E-state index contributed by atoms with van der Waals surface area (Å²) in [5.74, 6) is 0.807. The highest BCUT2D eigenvalue weighted by Crippen LogP contribution is 2.18.